The molecule has 0 spiro atoms. The maximum absolute atomic E-state index is 11.0. The number of benzene rings is 1. The molecule has 3 rings (SSSR count). The van der Waals surface area contributed by atoms with Gasteiger partial charge in [-0.05, 0) is 5.56 Å². The molecular formula is C14H15N3O. The Balaban J connectivity index is 1.79. The van der Waals surface area contributed by atoms with Crippen molar-refractivity contribution in [1.29, 1.82) is 0 Å². The average molecular weight is 241 g/mol. The van der Waals surface area contributed by atoms with Gasteiger partial charge in [0.05, 0.1) is 5.69 Å². The van der Waals surface area contributed by atoms with Gasteiger partial charge < -0.3 is 0 Å². The molecule has 4 nitrogen and oxygen atoms in total. The molecule has 0 fully saturated rings. The molecule has 1 aromatic heterocycles. The van der Waals surface area contributed by atoms with Crippen LogP contribution >= 0.6 is 0 Å². The average Bonchev–Trinajstić information content (AvgIpc) is 2.91. The highest BCUT2D eigenvalue weighted by molar-refractivity contribution is 5.75. The number of aryl methyl sites for hydroxylation is 1. The Hall–Kier alpha value is -1.94. The Labute approximate surface area is 106 Å². The zero-order chi connectivity index (χ0) is 12.5. The highest BCUT2D eigenvalue weighted by Gasteiger charge is 2.26. The van der Waals surface area contributed by atoms with Gasteiger partial charge in [0.25, 0.3) is 0 Å². The summed E-state index contributed by atoms with van der Waals surface area (Å²) in [7, 11) is 1.90. The normalized spacial score (nSPS) is 14.7. The van der Waals surface area contributed by atoms with E-state index < -0.39 is 0 Å². The lowest BCUT2D eigenvalue weighted by molar-refractivity contribution is 0.111. The molecule has 0 saturated heterocycles. The van der Waals surface area contributed by atoms with Crippen LogP contribution < -0.4 is 0 Å². The van der Waals surface area contributed by atoms with Crippen LogP contribution in [0.3, 0.4) is 0 Å². The van der Waals surface area contributed by atoms with Crippen LogP contribution in [-0.2, 0) is 26.7 Å². The van der Waals surface area contributed by atoms with Crippen molar-refractivity contribution >= 4 is 6.29 Å². The highest BCUT2D eigenvalue weighted by atomic mass is 16.1. The lowest BCUT2D eigenvalue weighted by atomic mass is 10.2. The maximum atomic E-state index is 11.0. The number of aldehydes is 1. The fourth-order valence-corrected chi connectivity index (χ4v) is 2.53. The van der Waals surface area contributed by atoms with E-state index in [4.69, 9.17) is 0 Å². The molecule has 1 aromatic carbocycles. The van der Waals surface area contributed by atoms with Gasteiger partial charge in [-0.3, -0.25) is 14.4 Å². The van der Waals surface area contributed by atoms with Crippen LogP contribution in [0.15, 0.2) is 30.3 Å². The van der Waals surface area contributed by atoms with Crippen LogP contribution in [0.2, 0.25) is 0 Å². The first-order chi connectivity index (χ1) is 8.78. The molecule has 0 amide bonds. The molecule has 0 saturated carbocycles. The first-order valence-corrected chi connectivity index (χ1v) is 6.04. The Morgan fingerprint density at radius 2 is 2.06 bits per heavy atom. The van der Waals surface area contributed by atoms with Gasteiger partial charge in [-0.25, -0.2) is 0 Å². The molecule has 0 N–H and O–H groups in total. The number of carbonyl (C=O) groups excluding carboxylic acids is 1. The summed E-state index contributed by atoms with van der Waals surface area (Å²) in [4.78, 5) is 13.3. The minimum Gasteiger partial charge on any atom is -0.296 e. The molecule has 1 aliphatic rings. The van der Waals surface area contributed by atoms with Crippen LogP contribution in [0.1, 0.15) is 27.3 Å². The SMILES string of the molecule is Cn1nc(C=O)c2c1CN(Cc1ccccc1)C2. The summed E-state index contributed by atoms with van der Waals surface area (Å²) in [5.74, 6) is 0. The van der Waals surface area contributed by atoms with Gasteiger partial charge in [0, 0.05) is 32.2 Å². The third-order valence-corrected chi connectivity index (χ3v) is 3.42. The second kappa shape index (κ2) is 4.38. The minimum atomic E-state index is 0.586. The van der Waals surface area contributed by atoms with Crippen LogP contribution in [0.25, 0.3) is 0 Å². The predicted molar refractivity (Wildman–Crippen MR) is 68.0 cm³/mol. The molecule has 18 heavy (non-hydrogen) atoms. The molecule has 0 bridgehead atoms. The summed E-state index contributed by atoms with van der Waals surface area (Å²) in [5, 5.41) is 4.21. The quantitative estimate of drug-likeness (QED) is 0.768. The first kappa shape index (κ1) is 11.2. The summed E-state index contributed by atoms with van der Waals surface area (Å²) in [6.45, 7) is 2.58. The zero-order valence-corrected chi connectivity index (χ0v) is 10.3. The summed E-state index contributed by atoms with van der Waals surface area (Å²) >= 11 is 0. The molecule has 2 aromatic rings. The van der Waals surface area contributed by atoms with Crippen molar-refractivity contribution in [2.24, 2.45) is 7.05 Å². The Kier molecular flexibility index (Phi) is 2.72. The maximum Gasteiger partial charge on any atom is 0.170 e. The molecule has 1 aliphatic heterocycles. The van der Waals surface area contributed by atoms with Crippen molar-refractivity contribution in [1.82, 2.24) is 14.7 Å². The van der Waals surface area contributed by atoms with Crippen molar-refractivity contribution in [3.05, 3.63) is 52.8 Å². The number of rotatable bonds is 3. The highest BCUT2D eigenvalue weighted by Crippen LogP contribution is 2.25. The topological polar surface area (TPSA) is 38.1 Å². The molecule has 4 heteroatoms. The van der Waals surface area contributed by atoms with Gasteiger partial charge >= 0.3 is 0 Å². The number of fused-ring (bicyclic) bond motifs is 1. The molecule has 0 unspecified atom stereocenters. The van der Waals surface area contributed by atoms with Gasteiger partial charge in [0.15, 0.2) is 6.29 Å². The van der Waals surface area contributed by atoms with Crippen LogP contribution in [-0.4, -0.2) is 21.0 Å². The Morgan fingerprint density at radius 1 is 1.28 bits per heavy atom. The van der Waals surface area contributed by atoms with Gasteiger partial charge in [0.2, 0.25) is 0 Å². The van der Waals surface area contributed by atoms with E-state index in [0.717, 1.165) is 37.2 Å². The van der Waals surface area contributed by atoms with Crippen LogP contribution in [0, 0.1) is 0 Å². The minimum absolute atomic E-state index is 0.586. The summed E-state index contributed by atoms with van der Waals surface area (Å²) < 4.78 is 1.82. The Bertz CT molecular complexity index is 574. The summed E-state index contributed by atoms with van der Waals surface area (Å²) in [6.07, 6.45) is 0.852. The fraction of sp³-hybridized carbons (Fsp3) is 0.286. The molecule has 0 aliphatic carbocycles. The number of aromatic nitrogens is 2. The van der Waals surface area contributed by atoms with Crippen molar-refractivity contribution in [3.63, 3.8) is 0 Å². The standard InChI is InChI=1S/C14H15N3O/c1-16-14-9-17(7-11-5-3-2-4-6-11)8-12(14)13(10-18)15-16/h2-6,10H,7-9H2,1H3. The van der Waals surface area contributed by atoms with Crippen LogP contribution in [0.5, 0.6) is 0 Å². The van der Waals surface area contributed by atoms with E-state index in [1.807, 2.05) is 17.8 Å². The fourth-order valence-electron chi connectivity index (χ4n) is 2.53. The molecule has 0 radical (unpaired) electrons. The lowest BCUT2D eigenvalue weighted by Gasteiger charge is -2.15. The Morgan fingerprint density at radius 3 is 2.78 bits per heavy atom. The van der Waals surface area contributed by atoms with Crippen molar-refractivity contribution in [2.45, 2.75) is 19.6 Å². The third kappa shape index (κ3) is 1.84. The van der Waals surface area contributed by atoms with E-state index in [9.17, 15) is 4.79 Å². The van der Waals surface area contributed by atoms with E-state index in [1.54, 1.807) is 0 Å². The van der Waals surface area contributed by atoms with Gasteiger partial charge in [-0.1, -0.05) is 30.3 Å². The number of carbonyl (C=O) groups is 1. The third-order valence-electron chi connectivity index (χ3n) is 3.42. The van der Waals surface area contributed by atoms with Crippen LogP contribution in [0.4, 0.5) is 0 Å². The molecule has 2 heterocycles. The largest absolute Gasteiger partial charge is 0.296 e. The van der Waals surface area contributed by atoms with Crippen molar-refractivity contribution < 1.29 is 4.79 Å². The molecular weight excluding hydrogens is 226 g/mol. The van der Waals surface area contributed by atoms with Crippen molar-refractivity contribution in [2.75, 3.05) is 0 Å². The van der Waals surface area contributed by atoms with E-state index in [0.29, 0.717) is 5.69 Å². The predicted octanol–water partition coefficient (Wildman–Crippen LogP) is 1.75. The second-order valence-corrected chi connectivity index (χ2v) is 4.68. The summed E-state index contributed by atoms with van der Waals surface area (Å²) in [6, 6.07) is 10.4. The van der Waals surface area contributed by atoms with E-state index in [-0.39, 0.29) is 0 Å². The smallest absolute Gasteiger partial charge is 0.170 e. The van der Waals surface area contributed by atoms with Crippen molar-refractivity contribution in [3.8, 4) is 0 Å². The van der Waals surface area contributed by atoms with Gasteiger partial charge in [-0.15, -0.1) is 0 Å². The monoisotopic (exact) mass is 241 g/mol. The number of hydrogen-bond donors (Lipinski definition) is 0. The number of hydrogen-bond acceptors (Lipinski definition) is 3. The summed E-state index contributed by atoms with van der Waals surface area (Å²) in [5.41, 5.74) is 4.13. The van der Waals surface area contributed by atoms with E-state index in [2.05, 4.69) is 34.3 Å². The molecule has 0 atom stereocenters. The van der Waals surface area contributed by atoms with E-state index >= 15 is 0 Å². The first-order valence-electron chi connectivity index (χ1n) is 6.04. The zero-order valence-electron chi connectivity index (χ0n) is 10.3. The van der Waals surface area contributed by atoms with Gasteiger partial charge in [-0.2, -0.15) is 5.10 Å². The number of nitrogens with zero attached hydrogens (tertiary/aromatic N) is 3. The van der Waals surface area contributed by atoms with E-state index in [1.165, 1.54) is 5.56 Å². The van der Waals surface area contributed by atoms with Gasteiger partial charge in [0.1, 0.15) is 5.69 Å². The lowest BCUT2D eigenvalue weighted by Crippen LogP contribution is -2.17. The second-order valence-electron chi connectivity index (χ2n) is 4.68. The molecule has 92 valence electrons.